The molecule has 0 aliphatic rings. The first-order valence-electron chi connectivity index (χ1n) is 2.98. The molecule has 0 heterocycles. The van der Waals surface area contributed by atoms with Crippen LogP contribution in [0.5, 0.6) is 0 Å². The van der Waals surface area contributed by atoms with E-state index in [4.69, 9.17) is 5.11 Å². The van der Waals surface area contributed by atoms with Crippen LogP contribution in [0.25, 0.3) is 0 Å². The fourth-order valence-electron chi connectivity index (χ4n) is 0. The van der Waals surface area contributed by atoms with Crippen LogP contribution >= 0.6 is 0 Å². The third kappa shape index (κ3) is 850. The van der Waals surface area contributed by atoms with Crippen molar-refractivity contribution in [3.63, 3.8) is 0 Å². The van der Waals surface area contributed by atoms with Gasteiger partial charge < -0.3 is 12.0 Å². The molecule has 0 aliphatic carbocycles. The zero-order chi connectivity index (χ0) is 7.15. The van der Waals surface area contributed by atoms with Crippen molar-refractivity contribution in [3.8, 4) is 0 Å². The molecule has 0 bridgehead atoms. The van der Waals surface area contributed by atoms with Gasteiger partial charge in [0.2, 0.25) is 0 Å². The quantitative estimate of drug-likeness (QED) is 0.429. The minimum absolute atomic E-state index is 0. The van der Waals surface area contributed by atoms with Crippen molar-refractivity contribution in [1.29, 1.82) is 0 Å². The molecule has 1 N–H and O–H groups in total. The zero-order valence-corrected chi connectivity index (χ0v) is 8.37. The molecule has 0 atom stereocenters. The standard InChI is InChI=1S/C4H9.C3H8O.Ti/c1-4(2)3;1-3(2)4;/h4H,1H2,2-3H3;3-4H,1-2H3;/q-1;;. The molecule has 0 aromatic rings. The molecule has 0 unspecified atom stereocenters. The summed E-state index contributed by atoms with van der Waals surface area (Å²) in [6.45, 7) is 11.2. The van der Waals surface area contributed by atoms with Gasteiger partial charge in [0, 0.05) is 27.8 Å². The Morgan fingerprint density at radius 3 is 1.11 bits per heavy atom. The SMILES string of the molecule is CC(C)O.[CH2-]C(C)C.[Ti]. The Kier molecular flexibility index (Phi) is 20.8. The first kappa shape index (κ1) is 16.3. The Morgan fingerprint density at radius 2 is 1.11 bits per heavy atom. The van der Waals surface area contributed by atoms with E-state index in [1.54, 1.807) is 13.8 Å². The maximum absolute atomic E-state index is 8.06. The van der Waals surface area contributed by atoms with E-state index >= 15 is 0 Å². The molecule has 0 radical (unpaired) electrons. The maximum Gasteiger partial charge on any atom is 0.0483 e. The topological polar surface area (TPSA) is 20.2 Å². The van der Waals surface area contributed by atoms with Gasteiger partial charge in [-0.05, 0) is 13.8 Å². The van der Waals surface area contributed by atoms with Crippen molar-refractivity contribution >= 4 is 0 Å². The van der Waals surface area contributed by atoms with Crippen LogP contribution in [-0.4, -0.2) is 11.2 Å². The van der Waals surface area contributed by atoms with Gasteiger partial charge in [0.15, 0.2) is 0 Å². The molecule has 0 amide bonds. The molecular weight excluding hydrogens is 148 g/mol. The van der Waals surface area contributed by atoms with Crippen LogP contribution in [-0.2, 0) is 21.7 Å². The Bertz CT molecular complexity index is 24.4. The van der Waals surface area contributed by atoms with Gasteiger partial charge in [-0.15, -0.1) is 0 Å². The van der Waals surface area contributed by atoms with Crippen LogP contribution in [0.2, 0.25) is 0 Å². The van der Waals surface area contributed by atoms with Crippen LogP contribution in [0, 0.1) is 12.8 Å². The Hall–Kier alpha value is 0.674. The number of hydrogen-bond donors (Lipinski definition) is 1. The van der Waals surface area contributed by atoms with Gasteiger partial charge in [-0.25, -0.2) is 0 Å². The van der Waals surface area contributed by atoms with Gasteiger partial charge in [0.05, 0.1) is 0 Å². The van der Waals surface area contributed by atoms with Gasteiger partial charge in [0.25, 0.3) is 0 Å². The number of aliphatic hydroxyl groups is 1. The van der Waals surface area contributed by atoms with Crippen molar-refractivity contribution in [1.82, 2.24) is 0 Å². The second kappa shape index (κ2) is 11.5. The largest absolute Gasteiger partial charge is 0.394 e. The first-order valence-corrected chi connectivity index (χ1v) is 2.98. The third-order valence-electron chi connectivity index (χ3n) is 0. The molecule has 1 nitrogen and oxygen atoms in total. The van der Waals surface area contributed by atoms with Gasteiger partial charge in [-0.2, -0.15) is 5.92 Å². The Balaban J connectivity index is -0.0000000720. The van der Waals surface area contributed by atoms with Crippen LogP contribution in [0.3, 0.4) is 0 Å². The minimum atomic E-state index is -0.167. The van der Waals surface area contributed by atoms with Crippen LogP contribution < -0.4 is 0 Å². The van der Waals surface area contributed by atoms with E-state index in [1.165, 1.54) is 0 Å². The summed E-state index contributed by atoms with van der Waals surface area (Å²) in [4.78, 5) is 0. The summed E-state index contributed by atoms with van der Waals surface area (Å²) in [6, 6.07) is 0. The average molecular weight is 165 g/mol. The Morgan fingerprint density at radius 1 is 1.11 bits per heavy atom. The van der Waals surface area contributed by atoms with Crippen molar-refractivity contribution in [2.75, 3.05) is 0 Å². The zero-order valence-electron chi connectivity index (χ0n) is 6.81. The minimum Gasteiger partial charge on any atom is -0.394 e. The normalized spacial score (nSPS) is 8.00. The second-order valence-corrected chi connectivity index (χ2v) is 2.49. The molecular formula is C7H17OTi-. The van der Waals surface area contributed by atoms with Crippen LogP contribution in [0.1, 0.15) is 27.7 Å². The molecule has 0 rings (SSSR count). The second-order valence-electron chi connectivity index (χ2n) is 2.49. The molecule has 0 fully saturated rings. The van der Waals surface area contributed by atoms with E-state index in [0.29, 0.717) is 5.92 Å². The molecule has 0 aromatic heterocycles. The smallest absolute Gasteiger partial charge is 0.0483 e. The molecule has 0 saturated heterocycles. The van der Waals surface area contributed by atoms with E-state index in [9.17, 15) is 0 Å². The fourth-order valence-corrected chi connectivity index (χ4v) is 0. The first-order chi connectivity index (χ1) is 3.46. The molecule has 0 aromatic carbocycles. The number of rotatable bonds is 0. The van der Waals surface area contributed by atoms with Crippen molar-refractivity contribution < 1.29 is 26.8 Å². The predicted molar refractivity (Wildman–Crippen MR) is 37.5 cm³/mol. The number of aliphatic hydroxyl groups excluding tert-OH is 1. The summed E-state index contributed by atoms with van der Waals surface area (Å²) in [5, 5.41) is 8.06. The predicted octanol–water partition coefficient (Wildman–Crippen LogP) is 1.86. The summed E-state index contributed by atoms with van der Waals surface area (Å²) in [5.41, 5.74) is 0. The molecule has 2 heteroatoms. The van der Waals surface area contributed by atoms with Crippen molar-refractivity contribution in [2.24, 2.45) is 5.92 Å². The molecule has 0 aliphatic heterocycles. The van der Waals surface area contributed by atoms with Crippen molar-refractivity contribution in [2.45, 2.75) is 33.8 Å². The number of hydrogen-bond acceptors (Lipinski definition) is 1. The van der Waals surface area contributed by atoms with Gasteiger partial charge in [-0.3, -0.25) is 0 Å². The van der Waals surface area contributed by atoms with Gasteiger partial charge in [0.1, 0.15) is 0 Å². The fraction of sp³-hybridized carbons (Fsp3) is 0.857. The summed E-state index contributed by atoms with van der Waals surface area (Å²) in [7, 11) is 0. The summed E-state index contributed by atoms with van der Waals surface area (Å²) in [6.07, 6.45) is -0.167. The molecule has 56 valence electrons. The summed E-state index contributed by atoms with van der Waals surface area (Å²) < 4.78 is 0. The van der Waals surface area contributed by atoms with E-state index in [-0.39, 0.29) is 27.8 Å². The summed E-state index contributed by atoms with van der Waals surface area (Å²) in [5.74, 6) is 0.583. The van der Waals surface area contributed by atoms with Crippen LogP contribution in [0.15, 0.2) is 0 Å². The Labute approximate surface area is 73.7 Å². The van der Waals surface area contributed by atoms with Crippen LogP contribution in [0.4, 0.5) is 0 Å². The van der Waals surface area contributed by atoms with E-state index in [0.717, 1.165) is 0 Å². The molecule has 9 heavy (non-hydrogen) atoms. The third-order valence-corrected chi connectivity index (χ3v) is 0. The average Bonchev–Trinajstić information content (AvgIpc) is 1.25. The van der Waals surface area contributed by atoms with Gasteiger partial charge in [-0.1, -0.05) is 13.8 Å². The van der Waals surface area contributed by atoms with E-state index in [2.05, 4.69) is 20.8 Å². The molecule has 0 saturated carbocycles. The molecule has 0 spiro atoms. The van der Waals surface area contributed by atoms with E-state index < -0.39 is 0 Å². The van der Waals surface area contributed by atoms with E-state index in [1.807, 2.05) is 0 Å². The van der Waals surface area contributed by atoms with Crippen molar-refractivity contribution in [3.05, 3.63) is 6.92 Å². The van der Waals surface area contributed by atoms with Gasteiger partial charge >= 0.3 is 0 Å². The maximum atomic E-state index is 8.06. The summed E-state index contributed by atoms with van der Waals surface area (Å²) >= 11 is 0. The monoisotopic (exact) mass is 165 g/mol.